The first-order chi connectivity index (χ1) is 10.5. The molecule has 0 aromatic heterocycles. The zero-order valence-corrected chi connectivity index (χ0v) is 13.8. The van der Waals surface area contributed by atoms with Crippen molar-refractivity contribution in [1.29, 1.82) is 0 Å². The number of likely N-dealkylation sites (tertiary alicyclic amines) is 1. The Morgan fingerprint density at radius 2 is 1.73 bits per heavy atom. The van der Waals surface area contributed by atoms with Crippen LogP contribution in [0.15, 0.2) is 24.3 Å². The van der Waals surface area contributed by atoms with Crippen molar-refractivity contribution in [2.75, 3.05) is 18.4 Å². The smallest absolute Gasteiger partial charge is 0.253 e. The molecule has 1 fully saturated rings. The molecule has 4 nitrogen and oxygen atoms in total. The van der Waals surface area contributed by atoms with Gasteiger partial charge in [0, 0.05) is 30.8 Å². The number of piperidine rings is 1. The van der Waals surface area contributed by atoms with Gasteiger partial charge in [0.05, 0.1) is 0 Å². The molecule has 1 aromatic rings. The first-order valence-electron chi connectivity index (χ1n) is 8.18. The summed E-state index contributed by atoms with van der Waals surface area (Å²) in [6, 6.07) is 7.21. The lowest BCUT2D eigenvalue weighted by Crippen LogP contribution is -2.42. The Morgan fingerprint density at radius 1 is 1.14 bits per heavy atom. The van der Waals surface area contributed by atoms with Crippen molar-refractivity contribution in [1.82, 2.24) is 4.90 Å². The number of hydrogen-bond donors (Lipinski definition) is 1. The fourth-order valence-electron chi connectivity index (χ4n) is 3.16. The van der Waals surface area contributed by atoms with Crippen LogP contribution >= 0.6 is 0 Å². The summed E-state index contributed by atoms with van der Waals surface area (Å²) < 4.78 is 0. The monoisotopic (exact) mass is 302 g/mol. The van der Waals surface area contributed by atoms with Gasteiger partial charge in [-0.3, -0.25) is 9.59 Å². The van der Waals surface area contributed by atoms with E-state index in [-0.39, 0.29) is 11.8 Å². The number of benzene rings is 1. The highest BCUT2D eigenvalue weighted by molar-refractivity contribution is 5.95. The number of nitrogens with zero attached hydrogens (tertiary/aromatic N) is 1. The Labute approximate surface area is 132 Å². The zero-order chi connectivity index (χ0) is 16.1. The van der Waals surface area contributed by atoms with Crippen molar-refractivity contribution in [3.63, 3.8) is 0 Å². The third-order valence-electron chi connectivity index (χ3n) is 4.05. The quantitative estimate of drug-likeness (QED) is 0.924. The second-order valence-corrected chi connectivity index (χ2v) is 6.53. The second-order valence-electron chi connectivity index (χ2n) is 6.53. The molecule has 2 atom stereocenters. The third-order valence-corrected chi connectivity index (χ3v) is 4.05. The molecule has 0 spiro atoms. The summed E-state index contributed by atoms with van der Waals surface area (Å²) in [5.74, 6) is 1.21. The van der Waals surface area contributed by atoms with E-state index < -0.39 is 0 Å². The number of carbonyl (C=O) groups is 2. The largest absolute Gasteiger partial charge is 0.338 e. The number of amides is 2. The lowest BCUT2D eigenvalue weighted by atomic mass is 9.91. The molecule has 4 heteroatoms. The van der Waals surface area contributed by atoms with E-state index in [0.29, 0.717) is 23.8 Å². The molecule has 22 heavy (non-hydrogen) atoms. The van der Waals surface area contributed by atoms with Gasteiger partial charge in [0.2, 0.25) is 5.91 Å². The SMILES string of the molecule is CCCC(=O)Nc1ccc(C(=O)N2CC(C)CC(C)C2)cc1. The van der Waals surface area contributed by atoms with Crippen molar-refractivity contribution >= 4 is 17.5 Å². The maximum Gasteiger partial charge on any atom is 0.253 e. The number of hydrogen-bond acceptors (Lipinski definition) is 2. The van der Waals surface area contributed by atoms with Gasteiger partial charge in [0.15, 0.2) is 0 Å². The first kappa shape index (κ1) is 16.5. The predicted molar refractivity (Wildman–Crippen MR) is 88.8 cm³/mol. The average molecular weight is 302 g/mol. The second kappa shape index (κ2) is 7.43. The summed E-state index contributed by atoms with van der Waals surface area (Å²) in [6.45, 7) is 8.03. The maximum absolute atomic E-state index is 12.6. The highest BCUT2D eigenvalue weighted by Crippen LogP contribution is 2.23. The van der Waals surface area contributed by atoms with Crippen molar-refractivity contribution in [2.24, 2.45) is 11.8 Å². The summed E-state index contributed by atoms with van der Waals surface area (Å²) in [7, 11) is 0. The molecule has 0 saturated carbocycles. The predicted octanol–water partition coefficient (Wildman–Crippen LogP) is 3.54. The van der Waals surface area contributed by atoms with E-state index in [2.05, 4.69) is 19.2 Å². The highest BCUT2D eigenvalue weighted by atomic mass is 16.2. The van der Waals surface area contributed by atoms with Crippen LogP contribution in [-0.4, -0.2) is 29.8 Å². The van der Waals surface area contributed by atoms with E-state index in [1.165, 1.54) is 6.42 Å². The summed E-state index contributed by atoms with van der Waals surface area (Å²) in [5, 5.41) is 2.84. The van der Waals surface area contributed by atoms with Gasteiger partial charge in [0.1, 0.15) is 0 Å². The van der Waals surface area contributed by atoms with Gasteiger partial charge in [0.25, 0.3) is 5.91 Å². The molecule has 0 aliphatic carbocycles. The lowest BCUT2D eigenvalue weighted by Gasteiger charge is -2.35. The van der Waals surface area contributed by atoms with Gasteiger partial charge in [-0.1, -0.05) is 20.8 Å². The van der Waals surface area contributed by atoms with Crippen LogP contribution in [0.1, 0.15) is 50.4 Å². The zero-order valence-electron chi connectivity index (χ0n) is 13.8. The summed E-state index contributed by atoms with van der Waals surface area (Å²) in [4.78, 5) is 26.1. The van der Waals surface area contributed by atoms with Crippen LogP contribution < -0.4 is 5.32 Å². The van der Waals surface area contributed by atoms with Gasteiger partial charge in [-0.05, 0) is 48.9 Å². The number of nitrogens with one attached hydrogen (secondary N) is 1. The van der Waals surface area contributed by atoms with E-state index in [9.17, 15) is 9.59 Å². The Balaban J connectivity index is 2.00. The molecule has 1 N–H and O–H groups in total. The van der Waals surface area contributed by atoms with Crippen LogP contribution in [0.4, 0.5) is 5.69 Å². The van der Waals surface area contributed by atoms with Crippen LogP contribution in [0, 0.1) is 11.8 Å². The van der Waals surface area contributed by atoms with Crippen LogP contribution in [0.25, 0.3) is 0 Å². The standard InChI is InChI=1S/C18H26N2O2/c1-4-5-17(21)19-16-8-6-15(7-9-16)18(22)20-11-13(2)10-14(3)12-20/h6-9,13-14H,4-5,10-12H2,1-3H3,(H,19,21). The Bertz CT molecular complexity index is 514. The minimum Gasteiger partial charge on any atom is -0.338 e. The lowest BCUT2D eigenvalue weighted by molar-refractivity contribution is -0.116. The summed E-state index contributed by atoms with van der Waals surface area (Å²) in [6.07, 6.45) is 2.53. The molecule has 0 bridgehead atoms. The van der Waals surface area contributed by atoms with Crippen LogP contribution in [0.3, 0.4) is 0 Å². The van der Waals surface area contributed by atoms with E-state index >= 15 is 0 Å². The normalized spacial score (nSPS) is 21.5. The minimum absolute atomic E-state index is 0.0141. The third kappa shape index (κ3) is 4.33. The van der Waals surface area contributed by atoms with Crippen LogP contribution in [0.5, 0.6) is 0 Å². The number of rotatable bonds is 4. The average Bonchev–Trinajstić information content (AvgIpc) is 2.46. The summed E-state index contributed by atoms with van der Waals surface area (Å²) >= 11 is 0. The van der Waals surface area contributed by atoms with Gasteiger partial charge < -0.3 is 10.2 Å². The molecule has 1 aromatic carbocycles. The first-order valence-corrected chi connectivity index (χ1v) is 8.18. The number of carbonyl (C=O) groups excluding carboxylic acids is 2. The minimum atomic E-state index is 0.0141. The molecule has 2 rings (SSSR count). The summed E-state index contributed by atoms with van der Waals surface area (Å²) in [5.41, 5.74) is 1.44. The molecule has 1 aliphatic rings. The van der Waals surface area contributed by atoms with E-state index in [1.54, 1.807) is 24.3 Å². The highest BCUT2D eigenvalue weighted by Gasteiger charge is 2.25. The molecule has 2 unspecified atom stereocenters. The van der Waals surface area contributed by atoms with Gasteiger partial charge in [-0.2, -0.15) is 0 Å². The van der Waals surface area contributed by atoms with Crippen LogP contribution in [0.2, 0.25) is 0 Å². The fraction of sp³-hybridized carbons (Fsp3) is 0.556. The van der Waals surface area contributed by atoms with E-state index in [0.717, 1.165) is 25.2 Å². The van der Waals surface area contributed by atoms with Gasteiger partial charge in [-0.25, -0.2) is 0 Å². The fourth-order valence-corrected chi connectivity index (χ4v) is 3.16. The van der Waals surface area contributed by atoms with Crippen LogP contribution in [-0.2, 0) is 4.79 Å². The maximum atomic E-state index is 12.6. The Hall–Kier alpha value is -1.84. The topological polar surface area (TPSA) is 49.4 Å². The van der Waals surface area contributed by atoms with Gasteiger partial charge >= 0.3 is 0 Å². The molecular formula is C18H26N2O2. The van der Waals surface area contributed by atoms with E-state index in [4.69, 9.17) is 0 Å². The Morgan fingerprint density at radius 3 is 2.27 bits per heavy atom. The van der Waals surface area contributed by atoms with Crippen molar-refractivity contribution in [3.8, 4) is 0 Å². The van der Waals surface area contributed by atoms with Gasteiger partial charge in [-0.15, -0.1) is 0 Å². The van der Waals surface area contributed by atoms with Crippen molar-refractivity contribution < 1.29 is 9.59 Å². The van der Waals surface area contributed by atoms with E-state index in [1.807, 2.05) is 11.8 Å². The van der Waals surface area contributed by atoms with Crippen molar-refractivity contribution in [2.45, 2.75) is 40.0 Å². The molecule has 0 radical (unpaired) electrons. The molecule has 120 valence electrons. The molecule has 1 aliphatic heterocycles. The molecule has 2 amide bonds. The number of anilines is 1. The molecule has 1 saturated heterocycles. The Kier molecular flexibility index (Phi) is 5.58. The van der Waals surface area contributed by atoms with Crippen molar-refractivity contribution in [3.05, 3.63) is 29.8 Å². The molecular weight excluding hydrogens is 276 g/mol. The molecule has 1 heterocycles.